The number of aliphatic hydroxyl groups excluding tert-OH is 1. The van der Waals surface area contributed by atoms with Gasteiger partial charge in [0.1, 0.15) is 0 Å². The number of carbonyl (C=O) groups is 1. The molecule has 0 amide bonds. The van der Waals surface area contributed by atoms with Crippen molar-refractivity contribution < 1.29 is 23.8 Å². The molecule has 0 radical (unpaired) electrons. The van der Waals surface area contributed by atoms with Gasteiger partial charge in [0, 0.05) is 6.92 Å². The number of cyclic esters (lactones) is 2. The number of halogens is 1. The number of rotatable bonds is 0. The molecule has 1 N–H and O–H groups in total. The summed E-state index contributed by atoms with van der Waals surface area (Å²) >= 11 is 0. The van der Waals surface area contributed by atoms with Crippen LogP contribution in [0.25, 0.3) is 0 Å². The number of hydrogen-bond acceptors (Lipinski definition) is 4. The van der Waals surface area contributed by atoms with E-state index in [0.29, 0.717) is 0 Å². The number of alkyl halides is 1. The number of hydrogen-bond donors (Lipinski definition) is 1. The smallest absolute Gasteiger partial charge is 0.397 e. The zero-order valence-electron chi connectivity index (χ0n) is 4.63. The molecule has 1 saturated heterocycles. The maximum absolute atomic E-state index is 12.4. The van der Waals surface area contributed by atoms with Crippen molar-refractivity contribution in [1.82, 2.24) is 0 Å². The van der Waals surface area contributed by atoms with Crippen LogP contribution in [-0.4, -0.2) is 23.4 Å². The molecule has 1 fully saturated rings. The third-order valence-electron chi connectivity index (χ3n) is 0.932. The molecular weight excluding hydrogens is 131 g/mol. The van der Waals surface area contributed by atoms with Gasteiger partial charge in [-0.1, -0.05) is 0 Å². The van der Waals surface area contributed by atoms with Gasteiger partial charge in [0.25, 0.3) is 6.29 Å². The van der Waals surface area contributed by atoms with Crippen LogP contribution < -0.4 is 0 Å². The first-order chi connectivity index (χ1) is 4.02. The van der Waals surface area contributed by atoms with Crippen molar-refractivity contribution in [2.24, 2.45) is 0 Å². The zero-order valence-corrected chi connectivity index (χ0v) is 4.63. The molecular formula is C4H5FO4. The summed E-state index contributed by atoms with van der Waals surface area (Å²) in [4.78, 5) is 10.0. The van der Waals surface area contributed by atoms with Gasteiger partial charge in [-0.3, -0.25) is 0 Å². The minimum atomic E-state index is -2.39. The second-order valence-electron chi connectivity index (χ2n) is 1.81. The summed E-state index contributed by atoms with van der Waals surface area (Å²) in [6.07, 6.45) is -2.99. The lowest BCUT2D eigenvalue weighted by molar-refractivity contribution is -0.162. The molecule has 1 heterocycles. The van der Waals surface area contributed by atoms with Gasteiger partial charge < -0.3 is 14.6 Å². The number of carbonyl (C=O) groups excluding carboxylic acids is 1. The van der Waals surface area contributed by atoms with E-state index in [2.05, 4.69) is 9.47 Å². The Kier molecular flexibility index (Phi) is 1.10. The van der Waals surface area contributed by atoms with E-state index in [4.69, 9.17) is 5.11 Å². The normalized spacial score (nSPS) is 42.1. The Morgan fingerprint density at radius 2 is 2.44 bits per heavy atom. The van der Waals surface area contributed by atoms with Gasteiger partial charge in [-0.15, -0.1) is 0 Å². The Hall–Kier alpha value is -0.840. The SMILES string of the molecule is CC1(F)OC(=O)OC1O. The molecule has 0 saturated carbocycles. The molecule has 1 rings (SSSR count). The predicted molar refractivity (Wildman–Crippen MR) is 23.1 cm³/mol. The van der Waals surface area contributed by atoms with Gasteiger partial charge in [-0.05, 0) is 0 Å². The van der Waals surface area contributed by atoms with Crippen LogP contribution >= 0.6 is 0 Å². The maximum atomic E-state index is 12.4. The third kappa shape index (κ3) is 0.951. The molecule has 2 atom stereocenters. The predicted octanol–water partition coefficient (Wildman–Crippen LogP) is 0.157. The fourth-order valence-electron chi connectivity index (χ4n) is 0.434. The molecule has 2 unspecified atom stereocenters. The molecule has 4 nitrogen and oxygen atoms in total. The van der Waals surface area contributed by atoms with Gasteiger partial charge >= 0.3 is 12.0 Å². The van der Waals surface area contributed by atoms with Crippen LogP contribution in [0.3, 0.4) is 0 Å². The van der Waals surface area contributed by atoms with Crippen molar-refractivity contribution in [2.45, 2.75) is 19.1 Å². The van der Waals surface area contributed by atoms with Gasteiger partial charge in [-0.25, -0.2) is 4.79 Å². The molecule has 0 aromatic heterocycles. The number of ether oxygens (including phenoxy) is 2. The minimum Gasteiger partial charge on any atom is -0.397 e. The monoisotopic (exact) mass is 136 g/mol. The van der Waals surface area contributed by atoms with E-state index >= 15 is 0 Å². The van der Waals surface area contributed by atoms with Gasteiger partial charge in [0.2, 0.25) is 0 Å². The number of aliphatic hydroxyl groups is 1. The van der Waals surface area contributed by atoms with E-state index in [-0.39, 0.29) is 0 Å². The van der Waals surface area contributed by atoms with Crippen molar-refractivity contribution in [2.75, 3.05) is 0 Å². The van der Waals surface area contributed by atoms with Crippen LogP contribution in [-0.2, 0) is 9.47 Å². The molecule has 52 valence electrons. The highest BCUT2D eigenvalue weighted by Gasteiger charge is 2.47. The van der Waals surface area contributed by atoms with E-state index < -0.39 is 18.3 Å². The van der Waals surface area contributed by atoms with Crippen LogP contribution in [0.4, 0.5) is 9.18 Å². The second kappa shape index (κ2) is 1.57. The van der Waals surface area contributed by atoms with Crippen LogP contribution in [0.15, 0.2) is 0 Å². The van der Waals surface area contributed by atoms with Gasteiger partial charge in [-0.2, -0.15) is 4.39 Å². The summed E-state index contributed by atoms with van der Waals surface area (Å²) in [6.45, 7) is 0.905. The Balaban J connectivity index is 2.69. The second-order valence-corrected chi connectivity index (χ2v) is 1.81. The molecule has 0 aromatic carbocycles. The average Bonchev–Trinajstić information content (AvgIpc) is 1.79. The Morgan fingerprint density at radius 1 is 1.89 bits per heavy atom. The maximum Gasteiger partial charge on any atom is 0.513 e. The molecule has 0 bridgehead atoms. The summed E-state index contributed by atoms with van der Waals surface area (Å²) in [6, 6.07) is 0. The van der Waals surface area contributed by atoms with Crippen molar-refractivity contribution >= 4 is 6.16 Å². The van der Waals surface area contributed by atoms with Crippen LogP contribution in [0.5, 0.6) is 0 Å². The van der Waals surface area contributed by atoms with E-state index in [0.717, 1.165) is 6.92 Å². The van der Waals surface area contributed by atoms with E-state index in [1.807, 2.05) is 0 Å². The van der Waals surface area contributed by atoms with Crippen molar-refractivity contribution in [3.63, 3.8) is 0 Å². The van der Waals surface area contributed by atoms with Crippen molar-refractivity contribution in [3.05, 3.63) is 0 Å². The van der Waals surface area contributed by atoms with Gasteiger partial charge in [0.05, 0.1) is 0 Å². The lowest BCUT2D eigenvalue weighted by Gasteiger charge is -2.10. The summed E-state index contributed by atoms with van der Waals surface area (Å²) < 4.78 is 20.2. The first-order valence-corrected chi connectivity index (χ1v) is 2.29. The quantitative estimate of drug-likeness (QED) is 0.482. The Bertz CT molecular complexity index is 144. The minimum absolute atomic E-state index is 0.905. The summed E-state index contributed by atoms with van der Waals surface area (Å²) in [5.74, 6) is -2.39. The Labute approximate surface area is 50.2 Å². The molecule has 0 spiro atoms. The molecule has 1 aliphatic rings. The van der Waals surface area contributed by atoms with Crippen LogP contribution in [0.2, 0.25) is 0 Å². The summed E-state index contributed by atoms with van der Waals surface area (Å²) in [5, 5.41) is 8.48. The lowest BCUT2D eigenvalue weighted by atomic mass is 10.4. The first kappa shape index (κ1) is 6.28. The van der Waals surface area contributed by atoms with E-state index in [1.54, 1.807) is 0 Å². The standard InChI is InChI=1S/C4H5FO4/c1-4(5)2(6)8-3(7)9-4/h2,6H,1H3. The topological polar surface area (TPSA) is 55.8 Å². The van der Waals surface area contributed by atoms with Crippen molar-refractivity contribution in [3.8, 4) is 0 Å². The summed E-state index contributed by atoms with van der Waals surface area (Å²) in [7, 11) is 0. The highest BCUT2D eigenvalue weighted by atomic mass is 19.2. The van der Waals surface area contributed by atoms with Crippen LogP contribution in [0.1, 0.15) is 6.92 Å². The molecule has 1 aliphatic heterocycles. The van der Waals surface area contributed by atoms with Crippen LogP contribution in [0, 0.1) is 0 Å². The van der Waals surface area contributed by atoms with Crippen molar-refractivity contribution in [1.29, 1.82) is 0 Å². The molecule has 0 aromatic rings. The fraction of sp³-hybridized carbons (Fsp3) is 0.750. The van der Waals surface area contributed by atoms with E-state index in [1.165, 1.54) is 0 Å². The fourth-order valence-corrected chi connectivity index (χ4v) is 0.434. The zero-order chi connectivity index (χ0) is 7.07. The molecule has 9 heavy (non-hydrogen) atoms. The highest BCUT2D eigenvalue weighted by Crippen LogP contribution is 2.25. The molecule has 5 heteroatoms. The van der Waals surface area contributed by atoms with Gasteiger partial charge in [0.15, 0.2) is 0 Å². The average molecular weight is 136 g/mol. The molecule has 0 aliphatic carbocycles. The van der Waals surface area contributed by atoms with E-state index in [9.17, 15) is 9.18 Å². The first-order valence-electron chi connectivity index (χ1n) is 2.29. The summed E-state index contributed by atoms with van der Waals surface area (Å²) in [5.41, 5.74) is 0. The Morgan fingerprint density at radius 3 is 2.56 bits per heavy atom. The largest absolute Gasteiger partial charge is 0.513 e. The third-order valence-corrected chi connectivity index (χ3v) is 0.932. The highest BCUT2D eigenvalue weighted by molar-refractivity contribution is 5.62. The lowest BCUT2D eigenvalue weighted by Crippen LogP contribution is -2.30.